The number of nitrogens with two attached hydrogens (primary N) is 1. The standard InChI is InChI=1S/C28H29ClN4O3/c1-33-13-11-18(12-14-33)17-35-26-16-23-21(15-25(26)34-2)27(30)32-28(31-23)19-7-9-20(10-8-19)36-24-6-4-3-5-22(24)29/h3-10,15-16,18H,11-14,17H2,1-2H3,(H2,30,31,32). The molecule has 1 fully saturated rings. The number of benzene rings is 3. The zero-order chi connectivity index (χ0) is 25.1. The van der Waals surface area contributed by atoms with Crippen LogP contribution in [0.2, 0.25) is 5.02 Å². The number of aromatic nitrogens is 2. The number of halogens is 1. The summed E-state index contributed by atoms with van der Waals surface area (Å²) in [5, 5.41) is 1.28. The van der Waals surface area contributed by atoms with Gasteiger partial charge in [0.1, 0.15) is 17.3 Å². The van der Waals surface area contributed by atoms with Gasteiger partial charge < -0.3 is 24.8 Å². The minimum Gasteiger partial charge on any atom is -0.493 e. The van der Waals surface area contributed by atoms with Gasteiger partial charge in [0.25, 0.3) is 0 Å². The van der Waals surface area contributed by atoms with Crippen LogP contribution in [0.5, 0.6) is 23.0 Å². The third-order valence-corrected chi connectivity index (χ3v) is 6.81. The van der Waals surface area contributed by atoms with Crippen LogP contribution in [0.25, 0.3) is 22.3 Å². The number of ether oxygens (including phenoxy) is 3. The molecule has 2 heterocycles. The van der Waals surface area contributed by atoms with E-state index in [4.69, 9.17) is 36.5 Å². The molecule has 7 nitrogen and oxygen atoms in total. The van der Waals surface area contributed by atoms with Crippen LogP contribution in [0.3, 0.4) is 0 Å². The zero-order valence-corrected chi connectivity index (χ0v) is 21.2. The van der Waals surface area contributed by atoms with Gasteiger partial charge in [-0.05, 0) is 81.4 Å². The maximum Gasteiger partial charge on any atom is 0.163 e. The number of hydrogen-bond donors (Lipinski definition) is 1. The molecule has 1 aliphatic heterocycles. The first-order chi connectivity index (χ1) is 17.5. The number of likely N-dealkylation sites (tertiary alicyclic amines) is 1. The maximum atomic E-state index is 6.33. The number of fused-ring (bicyclic) bond motifs is 1. The zero-order valence-electron chi connectivity index (χ0n) is 20.4. The van der Waals surface area contributed by atoms with Crippen LogP contribution in [0.1, 0.15) is 12.8 Å². The van der Waals surface area contributed by atoms with Gasteiger partial charge in [-0.15, -0.1) is 0 Å². The van der Waals surface area contributed by atoms with Crippen molar-refractivity contribution < 1.29 is 14.2 Å². The molecule has 0 radical (unpaired) electrons. The van der Waals surface area contributed by atoms with E-state index in [-0.39, 0.29) is 0 Å². The minimum absolute atomic E-state index is 0.381. The van der Waals surface area contributed by atoms with E-state index in [2.05, 4.69) is 16.9 Å². The molecule has 1 saturated heterocycles. The normalized spacial score (nSPS) is 14.6. The number of rotatable bonds is 7. The number of piperidine rings is 1. The second-order valence-electron chi connectivity index (χ2n) is 9.07. The van der Waals surface area contributed by atoms with Crippen molar-refractivity contribution in [3.8, 4) is 34.4 Å². The second kappa shape index (κ2) is 10.6. The van der Waals surface area contributed by atoms with Gasteiger partial charge in [0.15, 0.2) is 17.3 Å². The third kappa shape index (κ3) is 5.32. The lowest BCUT2D eigenvalue weighted by atomic mass is 9.98. The summed E-state index contributed by atoms with van der Waals surface area (Å²) in [7, 11) is 3.78. The van der Waals surface area contributed by atoms with E-state index in [1.165, 1.54) is 0 Å². The predicted octanol–water partition coefficient (Wildman–Crippen LogP) is 6.05. The Hall–Kier alpha value is -3.55. The van der Waals surface area contributed by atoms with E-state index in [1.54, 1.807) is 13.2 Å². The Kier molecular flexibility index (Phi) is 7.11. The van der Waals surface area contributed by atoms with Crippen LogP contribution in [-0.2, 0) is 0 Å². The lowest BCUT2D eigenvalue weighted by Gasteiger charge is -2.28. The van der Waals surface area contributed by atoms with Crippen molar-refractivity contribution in [2.45, 2.75) is 12.8 Å². The van der Waals surface area contributed by atoms with Gasteiger partial charge in [-0.25, -0.2) is 9.97 Å². The van der Waals surface area contributed by atoms with Crippen LogP contribution < -0.4 is 19.9 Å². The van der Waals surface area contributed by atoms with Crippen molar-refractivity contribution in [1.29, 1.82) is 0 Å². The van der Waals surface area contributed by atoms with Gasteiger partial charge in [-0.1, -0.05) is 23.7 Å². The van der Waals surface area contributed by atoms with Gasteiger partial charge in [-0.2, -0.15) is 0 Å². The summed E-state index contributed by atoms with van der Waals surface area (Å²) in [5.41, 5.74) is 7.85. The molecule has 0 bridgehead atoms. The number of para-hydroxylation sites is 1. The number of hydrogen-bond acceptors (Lipinski definition) is 7. The van der Waals surface area contributed by atoms with Crippen molar-refractivity contribution in [1.82, 2.24) is 14.9 Å². The summed E-state index contributed by atoms with van der Waals surface area (Å²) >= 11 is 6.20. The summed E-state index contributed by atoms with van der Waals surface area (Å²) in [5.74, 6) is 3.98. The second-order valence-corrected chi connectivity index (χ2v) is 9.47. The fourth-order valence-corrected chi connectivity index (χ4v) is 4.50. The molecule has 0 saturated carbocycles. The van der Waals surface area contributed by atoms with E-state index in [0.717, 1.165) is 36.9 Å². The van der Waals surface area contributed by atoms with Gasteiger partial charge >= 0.3 is 0 Å². The first-order valence-electron chi connectivity index (χ1n) is 12.0. The smallest absolute Gasteiger partial charge is 0.163 e. The van der Waals surface area contributed by atoms with Crippen LogP contribution in [0.4, 0.5) is 5.82 Å². The molecule has 5 rings (SSSR count). The highest BCUT2D eigenvalue weighted by Gasteiger charge is 2.19. The number of nitrogen functional groups attached to an aromatic ring is 1. The van der Waals surface area contributed by atoms with Crippen LogP contribution in [-0.4, -0.2) is 48.7 Å². The van der Waals surface area contributed by atoms with Gasteiger partial charge in [0, 0.05) is 17.0 Å². The highest BCUT2D eigenvalue weighted by Crippen LogP contribution is 2.36. The molecule has 4 aromatic rings. The molecule has 0 atom stereocenters. The molecule has 0 spiro atoms. The predicted molar refractivity (Wildman–Crippen MR) is 143 cm³/mol. The van der Waals surface area contributed by atoms with Crippen molar-refractivity contribution in [3.63, 3.8) is 0 Å². The first-order valence-corrected chi connectivity index (χ1v) is 12.4. The fourth-order valence-electron chi connectivity index (χ4n) is 4.32. The molecule has 1 aromatic heterocycles. The molecular formula is C28H29ClN4O3. The van der Waals surface area contributed by atoms with E-state index in [0.29, 0.717) is 57.7 Å². The molecule has 186 valence electrons. The van der Waals surface area contributed by atoms with Crippen molar-refractivity contribution in [3.05, 3.63) is 65.7 Å². The van der Waals surface area contributed by atoms with Crippen molar-refractivity contribution in [2.75, 3.05) is 39.6 Å². The lowest BCUT2D eigenvalue weighted by Crippen LogP contribution is -2.32. The molecule has 8 heteroatoms. The molecule has 0 aliphatic carbocycles. The maximum absolute atomic E-state index is 6.33. The topological polar surface area (TPSA) is 82.7 Å². The molecule has 36 heavy (non-hydrogen) atoms. The summed E-state index contributed by atoms with van der Waals surface area (Å²) in [6, 6.07) is 18.6. The van der Waals surface area contributed by atoms with E-state index in [9.17, 15) is 0 Å². The van der Waals surface area contributed by atoms with E-state index < -0.39 is 0 Å². The summed E-state index contributed by atoms with van der Waals surface area (Å²) in [4.78, 5) is 11.7. The number of methoxy groups -OCH3 is 1. The monoisotopic (exact) mass is 504 g/mol. The van der Waals surface area contributed by atoms with Gasteiger partial charge in [0.05, 0.1) is 24.3 Å². The Labute approximate surface area is 215 Å². The number of anilines is 1. The van der Waals surface area contributed by atoms with Crippen molar-refractivity contribution >= 4 is 28.3 Å². The van der Waals surface area contributed by atoms with Crippen LogP contribution >= 0.6 is 11.6 Å². The Morgan fingerprint density at radius 1 is 0.972 bits per heavy atom. The number of nitrogens with zero attached hydrogens (tertiary/aromatic N) is 3. The Balaban J connectivity index is 1.38. The lowest BCUT2D eigenvalue weighted by molar-refractivity contribution is 0.157. The Morgan fingerprint density at radius 2 is 1.72 bits per heavy atom. The van der Waals surface area contributed by atoms with E-state index >= 15 is 0 Å². The first kappa shape index (κ1) is 24.2. The Morgan fingerprint density at radius 3 is 2.44 bits per heavy atom. The quantitative estimate of drug-likeness (QED) is 0.328. The third-order valence-electron chi connectivity index (χ3n) is 6.50. The SMILES string of the molecule is COc1cc2c(N)nc(-c3ccc(Oc4ccccc4Cl)cc3)nc2cc1OCC1CCN(C)CC1. The summed E-state index contributed by atoms with van der Waals surface area (Å²) in [6.45, 7) is 2.84. The van der Waals surface area contributed by atoms with Gasteiger partial charge in [-0.3, -0.25) is 0 Å². The highest BCUT2D eigenvalue weighted by molar-refractivity contribution is 6.32. The molecule has 0 unspecified atom stereocenters. The van der Waals surface area contributed by atoms with Gasteiger partial charge in [0.2, 0.25) is 0 Å². The van der Waals surface area contributed by atoms with Crippen LogP contribution in [0.15, 0.2) is 60.7 Å². The molecule has 2 N–H and O–H groups in total. The van der Waals surface area contributed by atoms with E-state index in [1.807, 2.05) is 54.6 Å². The average Bonchev–Trinajstić information content (AvgIpc) is 2.89. The molecule has 0 amide bonds. The molecular weight excluding hydrogens is 476 g/mol. The largest absolute Gasteiger partial charge is 0.493 e. The summed E-state index contributed by atoms with van der Waals surface area (Å²) in [6.07, 6.45) is 2.25. The Bertz CT molecular complexity index is 1360. The average molecular weight is 505 g/mol. The minimum atomic E-state index is 0.381. The fraction of sp³-hybridized carbons (Fsp3) is 0.286. The highest BCUT2D eigenvalue weighted by atomic mass is 35.5. The molecule has 3 aromatic carbocycles. The van der Waals surface area contributed by atoms with Crippen molar-refractivity contribution in [2.24, 2.45) is 5.92 Å². The molecule has 1 aliphatic rings. The summed E-state index contributed by atoms with van der Waals surface area (Å²) < 4.78 is 17.7. The van der Waals surface area contributed by atoms with Crippen LogP contribution in [0, 0.1) is 5.92 Å².